The number of carbonyl (C=O) groups excluding carboxylic acids is 1. The van der Waals surface area contributed by atoms with Crippen LogP contribution in [0.1, 0.15) is 54.9 Å². The van der Waals surface area contributed by atoms with Gasteiger partial charge in [0.1, 0.15) is 10.6 Å². The second-order valence-electron chi connectivity index (χ2n) is 8.63. The number of pyridine rings is 1. The third kappa shape index (κ3) is 3.81. The van der Waals surface area contributed by atoms with Gasteiger partial charge in [-0.3, -0.25) is 9.69 Å². The van der Waals surface area contributed by atoms with Crippen LogP contribution in [0.2, 0.25) is 0 Å². The molecule has 1 amide bonds. The molecule has 3 heterocycles. The summed E-state index contributed by atoms with van der Waals surface area (Å²) in [5.41, 5.74) is 6.71. The van der Waals surface area contributed by atoms with Gasteiger partial charge in [-0.2, -0.15) is 0 Å². The van der Waals surface area contributed by atoms with E-state index in [0.29, 0.717) is 19.6 Å². The minimum atomic E-state index is -0.989. The highest BCUT2D eigenvalue weighted by molar-refractivity contribution is 7.19. The highest BCUT2D eigenvalue weighted by atomic mass is 32.1. The number of alkyl halides is 1. The van der Waals surface area contributed by atoms with Crippen LogP contribution >= 0.6 is 11.3 Å². The van der Waals surface area contributed by atoms with Gasteiger partial charge in [0.2, 0.25) is 5.91 Å². The number of halogens is 1. The smallest absolute Gasteiger partial charge is 0.218 e. The van der Waals surface area contributed by atoms with Crippen LogP contribution < -0.4 is 10.5 Å². The van der Waals surface area contributed by atoms with Crippen molar-refractivity contribution in [2.24, 2.45) is 5.73 Å². The number of aryl methyl sites for hydroxylation is 1. The molecule has 2 aliphatic carbocycles. The van der Waals surface area contributed by atoms with E-state index in [0.717, 1.165) is 54.5 Å². The minimum absolute atomic E-state index is 0.123. The van der Waals surface area contributed by atoms with Gasteiger partial charge in [-0.1, -0.05) is 0 Å². The molecule has 2 aromatic rings. The molecular formula is C22H28FN3O3S. The summed E-state index contributed by atoms with van der Waals surface area (Å²) in [4.78, 5) is 20.4. The molecule has 2 aromatic heterocycles. The standard InChI is InChI=1S/C22H28FN3O3S/c23-18-12-28-10-9-26(18)14-2-4-15(5-3-14)29-16-7-8-25-22-21(16)20-13(11-19(24)27)1-6-17(20)30-22/h7-8,13-15,18H,1-6,9-12H2,(H2,24,27)/t13-,14?,15?,18+/m1/s1. The van der Waals surface area contributed by atoms with Crippen LogP contribution in [-0.4, -0.2) is 54.0 Å². The first kappa shape index (κ1) is 20.2. The zero-order valence-electron chi connectivity index (χ0n) is 17.0. The number of carbonyl (C=O) groups is 1. The van der Waals surface area contributed by atoms with Gasteiger partial charge in [0.05, 0.1) is 24.7 Å². The van der Waals surface area contributed by atoms with Crippen LogP contribution in [0.5, 0.6) is 5.75 Å². The van der Waals surface area contributed by atoms with Crippen molar-refractivity contribution in [3.63, 3.8) is 0 Å². The molecule has 5 rings (SSSR count). The number of ether oxygens (including phenoxy) is 2. The van der Waals surface area contributed by atoms with Crippen molar-refractivity contribution in [1.29, 1.82) is 0 Å². The summed E-state index contributed by atoms with van der Waals surface area (Å²) in [6.45, 7) is 1.47. The zero-order chi connectivity index (χ0) is 20.7. The monoisotopic (exact) mass is 433 g/mol. The van der Waals surface area contributed by atoms with E-state index in [1.54, 1.807) is 17.5 Å². The number of nitrogens with zero attached hydrogens (tertiary/aromatic N) is 2. The Morgan fingerprint density at radius 1 is 1.33 bits per heavy atom. The van der Waals surface area contributed by atoms with Crippen LogP contribution in [0.15, 0.2) is 12.3 Å². The van der Waals surface area contributed by atoms with Crippen molar-refractivity contribution in [3.8, 4) is 5.75 Å². The Morgan fingerprint density at radius 2 is 2.17 bits per heavy atom. The summed E-state index contributed by atoms with van der Waals surface area (Å²) in [5, 5.41) is 1.07. The topological polar surface area (TPSA) is 77.7 Å². The Kier molecular flexibility index (Phi) is 5.64. The van der Waals surface area contributed by atoms with Crippen molar-refractivity contribution in [2.75, 3.05) is 19.8 Å². The van der Waals surface area contributed by atoms with Gasteiger partial charge in [-0.15, -0.1) is 11.3 Å². The lowest BCUT2D eigenvalue weighted by molar-refractivity contribution is -0.118. The van der Waals surface area contributed by atoms with Gasteiger partial charge in [0.25, 0.3) is 0 Å². The first-order chi connectivity index (χ1) is 14.6. The fourth-order valence-corrected chi connectivity index (χ4v) is 6.60. The van der Waals surface area contributed by atoms with E-state index in [1.807, 2.05) is 11.0 Å². The number of thiophene rings is 1. The lowest BCUT2D eigenvalue weighted by Gasteiger charge is -2.40. The lowest BCUT2D eigenvalue weighted by atomic mass is 9.91. The maximum absolute atomic E-state index is 14.2. The molecule has 1 saturated carbocycles. The molecule has 2 atom stereocenters. The number of primary amides is 1. The molecular weight excluding hydrogens is 405 g/mol. The van der Waals surface area contributed by atoms with Gasteiger partial charge in [-0.05, 0) is 56.1 Å². The van der Waals surface area contributed by atoms with E-state index in [-0.39, 0.29) is 30.6 Å². The normalized spacial score (nSPS) is 29.8. The van der Waals surface area contributed by atoms with Crippen LogP contribution in [0.4, 0.5) is 4.39 Å². The Bertz CT molecular complexity index is 928. The molecule has 6 nitrogen and oxygen atoms in total. The fraction of sp³-hybridized carbons (Fsp3) is 0.636. The van der Waals surface area contributed by atoms with Gasteiger partial charge in [0, 0.05) is 30.1 Å². The van der Waals surface area contributed by atoms with Crippen LogP contribution in [0, 0.1) is 0 Å². The number of hydrogen-bond acceptors (Lipinski definition) is 6. The van der Waals surface area contributed by atoms with E-state index in [9.17, 15) is 9.18 Å². The molecule has 0 unspecified atom stereocenters. The summed E-state index contributed by atoms with van der Waals surface area (Å²) < 4.78 is 25.9. The molecule has 1 aliphatic heterocycles. The minimum Gasteiger partial charge on any atom is -0.490 e. The number of nitrogens with two attached hydrogens (primary N) is 1. The third-order valence-electron chi connectivity index (χ3n) is 6.76. The number of morpholine rings is 1. The Hall–Kier alpha value is -1.77. The Labute approximate surface area is 179 Å². The van der Waals surface area contributed by atoms with Gasteiger partial charge in [0.15, 0.2) is 6.30 Å². The number of fused-ring (bicyclic) bond motifs is 3. The summed E-state index contributed by atoms with van der Waals surface area (Å²) in [6, 6.07) is 2.22. The Morgan fingerprint density at radius 3 is 2.93 bits per heavy atom. The molecule has 162 valence electrons. The SMILES string of the molecule is NC(=O)C[C@H]1CCc2sc3nccc(OC4CCC(N5CCOC[C@H]5F)CC4)c3c21. The van der Waals surface area contributed by atoms with Crippen molar-refractivity contribution in [2.45, 2.75) is 69.3 Å². The highest BCUT2D eigenvalue weighted by Gasteiger charge is 2.34. The molecule has 0 aromatic carbocycles. The van der Waals surface area contributed by atoms with E-state index in [1.165, 1.54) is 10.4 Å². The summed E-state index contributed by atoms with van der Waals surface area (Å²) >= 11 is 1.71. The number of rotatable bonds is 5. The fourth-order valence-electron chi connectivity index (χ4n) is 5.35. The average Bonchev–Trinajstić information content (AvgIpc) is 3.29. The quantitative estimate of drug-likeness (QED) is 0.730. The molecule has 2 N–H and O–H groups in total. The number of aromatic nitrogens is 1. The van der Waals surface area contributed by atoms with Gasteiger partial charge < -0.3 is 15.2 Å². The van der Waals surface area contributed by atoms with Crippen LogP contribution in [-0.2, 0) is 16.0 Å². The second-order valence-corrected chi connectivity index (χ2v) is 9.71. The second kappa shape index (κ2) is 8.40. The molecule has 0 bridgehead atoms. The molecule has 30 heavy (non-hydrogen) atoms. The largest absolute Gasteiger partial charge is 0.490 e. The van der Waals surface area contributed by atoms with Gasteiger partial charge >= 0.3 is 0 Å². The highest BCUT2D eigenvalue weighted by Crippen LogP contribution is 2.48. The van der Waals surface area contributed by atoms with Crippen molar-refractivity contribution in [1.82, 2.24) is 9.88 Å². The zero-order valence-corrected chi connectivity index (χ0v) is 17.8. The third-order valence-corrected chi connectivity index (χ3v) is 7.93. The predicted molar refractivity (Wildman–Crippen MR) is 114 cm³/mol. The number of amides is 1. The average molecular weight is 434 g/mol. The van der Waals surface area contributed by atoms with E-state index in [2.05, 4.69) is 4.98 Å². The van der Waals surface area contributed by atoms with E-state index < -0.39 is 6.30 Å². The molecule has 3 aliphatic rings. The predicted octanol–water partition coefficient (Wildman–Crippen LogP) is 3.52. The van der Waals surface area contributed by atoms with Gasteiger partial charge in [-0.25, -0.2) is 9.37 Å². The first-order valence-corrected chi connectivity index (χ1v) is 11.7. The lowest BCUT2D eigenvalue weighted by Crippen LogP contribution is -2.50. The summed E-state index contributed by atoms with van der Waals surface area (Å²) in [6.07, 6.45) is 6.95. The van der Waals surface area contributed by atoms with Crippen molar-refractivity contribution >= 4 is 27.5 Å². The van der Waals surface area contributed by atoms with Crippen LogP contribution in [0.25, 0.3) is 10.2 Å². The summed E-state index contributed by atoms with van der Waals surface area (Å²) in [5.74, 6) is 0.773. The molecule has 2 fully saturated rings. The van der Waals surface area contributed by atoms with E-state index in [4.69, 9.17) is 15.2 Å². The maximum Gasteiger partial charge on any atom is 0.218 e. The van der Waals surface area contributed by atoms with Crippen molar-refractivity contribution in [3.05, 3.63) is 22.7 Å². The summed E-state index contributed by atoms with van der Waals surface area (Å²) in [7, 11) is 0. The molecule has 8 heteroatoms. The maximum atomic E-state index is 14.2. The van der Waals surface area contributed by atoms with E-state index >= 15 is 0 Å². The Balaban J connectivity index is 1.31. The molecule has 1 saturated heterocycles. The van der Waals surface area contributed by atoms with Crippen molar-refractivity contribution < 1.29 is 18.7 Å². The molecule has 0 spiro atoms. The van der Waals surface area contributed by atoms with Crippen LogP contribution in [0.3, 0.4) is 0 Å². The molecule has 0 radical (unpaired) electrons. The number of hydrogen-bond donors (Lipinski definition) is 1. The first-order valence-electron chi connectivity index (χ1n) is 10.9.